The zero-order chi connectivity index (χ0) is 20.1. The first-order valence-electron chi connectivity index (χ1n) is 9.76. The van der Waals surface area contributed by atoms with Crippen molar-refractivity contribution >= 4 is 23.2 Å². The third-order valence-electron chi connectivity index (χ3n) is 5.61. The normalized spacial score (nSPS) is 19.2. The van der Waals surface area contributed by atoms with Gasteiger partial charge in [-0.05, 0) is 35.4 Å². The molecule has 5 nitrogen and oxygen atoms in total. The van der Waals surface area contributed by atoms with Gasteiger partial charge in [-0.2, -0.15) is 10.1 Å². The van der Waals surface area contributed by atoms with Crippen molar-refractivity contribution in [1.29, 1.82) is 0 Å². The van der Waals surface area contributed by atoms with Crippen molar-refractivity contribution in [2.75, 3.05) is 5.32 Å². The van der Waals surface area contributed by atoms with Gasteiger partial charge in [-0.25, -0.2) is 4.68 Å². The summed E-state index contributed by atoms with van der Waals surface area (Å²) in [5.74, 6) is 1.55. The fourth-order valence-corrected chi connectivity index (χ4v) is 4.41. The maximum absolute atomic E-state index is 6.57. The van der Waals surface area contributed by atoms with Crippen molar-refractivity contribution in [3.05, 3.63) is 112 Å². The number of halogens is 1. The number of nitrogens with zero attached hydrogens (tertiary/aromatic N) is 3. The van der Waals surface area contributed by atoms with Gasteiger partial charge in [0.25, 0.3) is 0 Å². The number of fused-ring (bicyclic) bond motifs is 3. The van der Waals surface area contributed by atoms with Gasteiger partial charge in [-0.3, -0.25) is 0 Å². The molecule has 3 heterocycles. The van der Waals surface area contributed by atoms with Crippen LogP contribution in [0.1, 0.15) is 28.8 Å². The summed E-state index contributed by atoms with van der Waals surface area (Å²) < 4.78 is 8.48. The standard InChI is InChI=1S/C24H17ClN4O/c25-17-12-10-15(11-13-17)22-20-21(28-24-26-14-27-29(22)24)18-8-4-5-9-19(18)30-23(20)16-6-2-1-3-7-16/h1-14,22-23H,(H,26,27,28). The Morgan fingerprint density at radius 1 is 0.867 bits per heavy atom. The summed E-state index contributed by atoms with van der Waals surface area (Å²) in [7, 11) is 0. The van der Waals surface area contributed by atoms with Gasteiger partial charge in [0.2, 0.25) is 5.95 Å². The van der Waals surface area contributed by atoms with E-state index in [0.29, 0.717) is 11.0 Å². The second kappa shape index (κ2) is 6.75. The van der Waals surface area contributed by atoms with E-state index in [0.717, 1.165) is 33.7 Å². The highest BCUT2D eigenvalue weighted by atomic mass is 35.5. The molecular weight excluding hydrogens is 396 g/mol. The van der Waals surface area contributed by atoms with E-state index in [1.807, 2.05) is 65.3 Å². The molecule has 30 heavy (non-hydrogen) atoms. The van der Waals surface area contributed by atoms with Crippen LogP contribution < -0.4 is 10.1 Å². The first-order valence-corrected chi connectivity index (χ1v) is 10.1. The molecule has 0 fully saturated rings. The number of anilines is 1. The second-order valence-electron chi connectivity index (χ2n) is 7.34. The van der Waals surface area contributed by atoms with Crippen molar-refractivity contribution in [1.82, 2.24) is 14.8 Å². The smallest absolute Gasteiger partial charge is 0.226 e. The predicted octanol–water partition coefficient (Wildman–Crippen LogP) is 5.49. The third-order valence-corrected chi connectivity index (χ3v) is 5.86. The van der Waals surface area contributed by atoms with Gasteiger partial charge in [0.1, 0.15) is 24.2 Å². The molecule has 6 heteroatoms. The Morgan fingerprint density at radius 2 is 1.63 bits per heavy atom. The van der Waals surface area contributed by atoms with E-state index >= 15 is 0 Å². The Labute approximate surface area is 178 Å². The number of ether oxygens (including phenoxy) is 1. The van der Waals surface area contributed by atoms with Gasteiger partial charge in [0, 0.05) is 16.2 Å². The summed E-state index contributed by atoms with van der Waals surface area (Å²) in [4.78, 5) is 4.45. The van der Waals surface area contributed by atoms with Gasteiger partial charge in [-0.1, -0.05) is 66.2 Å². The average molecular weight is 413 g/mol. The fraction of sp³-hybridized carbons (Fsp3) is 0.0833. The molecule has 0 amide bonds. The molecular formula is C24H17ClN4O. The number of nitrogens with one attached hydrogen (secondary N) is 1. The molecule has 1 N–H and O–H groups in total. The molecule has 4 aromatic rings. The molecule has 0 spiro atoms. The third kappa shape index (κ3) is 2.63. The average Bonchev–Trinajstić information content (AvgIpc) is 3.27. The van der Waals surface area contributed by atoms with E-state index in [1.54, 1.807) is 6.33 Å². The van der Waals surface area contributed by atoms with Gasteiger partial charge < -0.3 is 10.1 Å². The Balaban J connectivity index is 1.63. The summed E-state index contributed by atoms with van der Waals surface area (Å²) in [6, 6.07) is 26.1. The highest BCUT2D eigenvalue weighted by Crippen LogP contribution is 2.50. The van der Waals surface area contributed by atoms with E-state index in [1.165, 1.54) is 0 Å². The van der Waals surface area contributed by atoms with Crippen LogP contribution in [0.5, 0.6) is 5.75 Å². The number of benzene rings is 3. The lowest BCUT2D eigenvalue weighted by atomic mass is 9.84. The molecule has 0 bridgehead atoms. The SMILES string of the molecule is Clc1ccc(C2C3=C(Nc4ncnn42)c2ccccc2OC3c2ccccc2)cc1. The molecule has 2 atom stereocenters. The lowest BCUT2D eigenvalue weighted by molar-refractivity contribution is 0.223. The molecule has 146 valence electrons. The van der Waals surface area contributed by atoms with E-state index < -0.39 is 0 Å². The largest absolute Gasteiger partial charge is 0.480 e. The summed E-state index contributed by atoms with van der Waals surface area (Å²) in [5, 5.41) is 8.74. The van der Waals surface area contributed by atoms with Gasteiger partial charge in [-0.15, -0.1) is 0 Å². The molecule has 0 saturated carbocycles. The molecule has 1 aromatic heterocycles. The number of aromatic nitrogens is 3. The topological polar surface area (TPSA) is 52.0 Å². The van der Waals surface area contributed by atoms with Crippen LogP contribution in [0.3, 0.4) is 0 Å². The summed E-state index contributed by atoms with van der Waals surface area (Å²) >= 11 is 6.17. The zero-order valence-corrected chi connectivity index (χ0v) is 16.6. The molecule has 2 aliphatic rings. The van der Waals surface area contributed by atoms with Crippen LogP contribution in [0.15, 0.2) is 90.8 Å². The van der Waals surface area contributed by atoms with E-state index in [2.05, 4.69) is 33.6 Å². The Kier molecular flexibility index (Phi) is 3.89. The van der Waals surface area contributed by atoms with Crippen LogP contribution in [0.2, 0.25) is 5.02 Å². The highest BCUT2D eigenvalue weighted by Gasteiger charge is 2.40. The van der Waals surface area contributed by atoms with Crippen LogP contribution in [0.4, 0.5) is 5.95 Å². The summed E-state index contributed by atoms with van der Waals surface area (Å²) in [6.45, 7) is 0. The number of hydrogen-bond acceptors (Lipinski definition) is 4. The van der Waals surface area contributed by atoms with E-state index in [-0.39, 0.29) is 12.1 Å². The van der Waals surface area contributed by atoms with Crippen LogP contribution in [0.25, 0.3) is 5.70 Å². The van der Waals surface area contributed by atoms with Crippen molar-refractivity contribution in [2.45, 2.75) is 12.1 Å². The monoisotopic (exact) mass is 412 g/mol. The molecule has 3 aromatic carbocycles. The minimum Gasteiger partial charge on any atom is -0.480 e. The number of hydrogen-bond donors (Lipinski definition) is 1. The maximum Gasteiger partial charge on any atom is 0.226 e. The van der Waals surface area contributed by atoms with Crippen molar-refractivity contribution in [3.8, 4) is 5.75 Å². The molecule has 6 rings (SSSR count). The minimum absolute atomic E-state index is 0.172. The lowest BCUT2D eigenvalue weighted by Gasteiger charge is -2.39. The number of rotatable bonds is 2. The molecule has 0 radical (unpaired) electrons. The van der Waals surface area contributed by atoms with Crippen molar-refractivity contribution in [3.63, 3.8) is 0 Å². The summed E-state index contributed by atoms with van der Waals surface area (Å²) in [5.41, 5.74) is 5.30. The Hall–Kier alpha value is -3.57. The first kappa shape index (κ1) is 17.3. The predicted molar refractivity (Wildman–Crippen MR) is 116 cm³/mol. The van der Waals surface area contributed by atoms with Crippen LogP contribution >= 0.6 is 11.6 Å². The molecule has 2 aliphatic heterocycles. The van der Waals surface area contributed by atoms with Crippen LogP contribution in [-0.2, 0) is 0 Å². The van der Waals surface area contributed by atoms with Gasteiger partial charge in [0.15, 0.2) is 0 Å². The van der Waals surface area contributed by atoms with E-state index in [9.17, 15) is 0 Å². The zero-order valence-electron chi connectivity index (χ0n) is 15.9. The van der Waals surface area contributed by atoms with E-state index in [4.69, 9.17) is 16.3 Å². The van der Waals surface area contributed by atoms with Gasteiger partial charge >= 0.3 is 0 Å². The molecule has 2 unspecified atom stereocenters. The highest BCUT2D eigenvalue weighted by molar-refractivity contribution is 6.30. The van der Waals surface area contributed by atoms with Crippen molar-refractivity contribution < 1.29 is 4.74 Å². The quantitative estimate of drug-likeness (QED) is 0.473. The maximum atomic E-state index is 6.57. The van der Waals surface area contributed by atoms with Gasteiger partial charge in [0.05, 0.1) is 5.70 Å². The van der Waals surface area contributed by atoms with Crippen LogP contribution in [-0.4, -0.2) is 14.8 Å². The number of para-hydroxylation sites is 1. The van der Waals surface area contributed by atoms with Crippen LogP contribution in [0, 0.1) is 0 Å². The Bertz CT molecular complexity index is 1260. The Morgan fingerprint density at radius 3 is 2.47 bits per heavy atom. The minimum atomic E-state index is -0.262. The molecule has 0 aliphatic carbocycles. The molecule has 0 saturated heterocycles. The second-order valence-corrected chi connectivity index (χ2v) is 7.78. The first-order chi connectivity index (χ1) is 14.8. The van der Waals surface area contributed by atoms with Crippen molar-refractivity contribution in [2.24, 2.45) is 0 Å². The lowest BCUT2D eigenvalue weighted by Crippen LogP contribution is -2.32. The fourth-order valence-electron chi connectivity index (χ4n) is 4.29. The summed E-state index contributed by atoms with van der Waals surface area (Å²) in [6.07, 6.45) is 1.31.